The second-order valence-corrected chi connectivity index (χ2v) is 10.1. The van der Waals surface area contributed by atoms with E-state index in [9.17, 15) is 17.6 Å². The average Bonchev–Trinajstić information content (AvgIpc) is 3.48. The van der Waals surface area contributed by atoms with Gasteiger partial charge in [-0.3, -0.25) is 4.79 Å². The Hall–Kier alpha value is -2.21. The highest BCUT2D eigenvalue weighted by Crippen LogP contribution is 2.44. The van der Waals surface area contributed by atoms with Gasteiger partial charge in [-0.2, -0.15) is 0 Å². The number of nitrogens with one attached hydrogen (secondary N) is 1. The third-order valence-corrected chi connectivity index (χ3v) is 8.54. The van der Waals surface area contributed by atoms with Crippen LogP contribution in [0.5, 0.6) is 0 Å². The van der Waals surface area contributed by atoms with Gasteiger partial charge >= 0.3 is 0 Å². The minimum atomic E-state index is -3.80. The fraction of sp³-hybridized carbons (Fsp3) is 0.409. The van der Waals surface area contributed by atoms with Crippen LogP contribution in [-0.4, -0.2) is 25.1 Å². The van der Waals surface area contributed by atoms with Crippen molar-refractivity contribution in [2.75, 3.05) is 0 Å². The molecular weight excluding hydrogens is 377 g/mol. The molecule has 0 spiro atoms. The minimum Gasteiger partial charge on any atom is -0.351 e. The van der Waals surface area contributed by atoms with E-state index in [2.05, 4.69) is 5.32 Å². The zero-order valence-electron chi connectivity index (χ0n) is 15.6. The van der Waals surface area contributed by atoms with Gasteiger partial charge in [0.05, 0.1) is 4.90 Å². The second kappa shape index (κ2) is 7.32. The van der Waals surface area contributed by atoms with Gasteiger partial charge in [-0.05, 0) is 49.1 Å². The highest BCUT2D eigenvalue weighted by Gasteiger charge is 2.53. The number of benzene rings is 2. The Kier molecular flexibility index (Phi) is 5.00. The quantitative estimate of drug-likeness (QED) is 0.824. The van der Waals surface area contributed by atoms with Crippen LogP contribution in [0.4, 0.5) is 4.39 Å². The molecule has 2 atom stereocenters. The average molecular weight is 402 g/mol. The first-order chi connectivity index (χ1) is 13.4. The molecule has 2 saturated carbocycles. The van der Waals surface area contributed by atoms with E-state index >= 15 is 0 Å². The Labute approximate surface area is 165 Å². The maximum absolute atomic E-state index is 13.5. The number of halogens is 1. The molecule has 0 heterocycles. The Morgan fingerprint density at radius 2 is 1.71 bits per heavy atom. The van der Waals surface area contributed by atoms with E-state index in [4.69, 9.17) is 0 Å². The second-order valence-electron chi connectivity index (χ2n) is 7.85. The first-order valence-corrected chi connectivity index (χ1v) is 11.3. The molecule has 0 aromatic heterocycles. The van der Waals surface area contributed by atoms with Crippen molar-refractivity contribution in [2.24, 2.45) is 0 Å². The topological polar surface area (TPSA) is 63.2 Å². The smallest absolute Gasteiger partial charge is 0.242 e. The van der Waals surface area contributed by atoms with Crippen molar-refractivity contribution in [3.05, 3.63) is 66.0 Å². The van der Waals surface area contributed by atoms with Crippen molar-refractivity contribution in [3.63, 3.8) is 0 Å². The van der Waals surface area contributed by atoms with Crippen LogP contribution in [0.2, 0.25) is 0 Å². The third kappa shape index (κ3) is 3.34. The van der Waals surface area contributed by atoms with Crippen LogP contribution in [0.1, 0.15) is 50.0 Å². The summed E-state index contributed by atoms with van der Waals surface area (Å²) in [5, 5.41) is 2.97. The summed E-state index contributed by atoms with van der Waals surface area (Å²) >= 11 is 0. The van der Waals surface area contributed by atoms with Crippen molar-refractivity contribution in [1.29, 1.82) is 0 Å². The summed E-state index contributed by atoms with van der Waals surface area (Å²) in [5.41, 5.74) is 0.842. The van der Waals surface area contributed by atoms with Crippen molar-refractivity contribution in [1.82, 2.24) is 5.32 Å². The summed E-state index contributed by atoms with van der Waals surface area (Å²) in [6, 6.07) is 14.5. The molecule has 1 amide bonds. The van der Waals surface area contributed by atoms with Crippen molar-refractivity contribution in [3.8, 4) is 0 Å². The van der Waals surface area contributed by atoms with Crippen molar-refractivity contribution >= 4 is 15.7 Å². The van der Waals surface area contributed by atoms with Crippen LogP contribution >= 0.6 is 0 Å². The largest absolute Gasteiger partial charge is 0.351 e. The van der Waals surface area contributed by atoms with Gasteiger partial charge < -0.3 is 5.32 Å². The highest BCUT2D eigenvalue weighted by molar-refractivity contribution is 7.93. The molecule has 2 fully saturated rings. The molecule has 0 aliphatic heterocycles. The Balaban J connectivity index is 1.58. The van der Waals surface area contributed by atoms with Crippen molar-refractivity contribution in [2.45, 2.75) is 60.1 Å². The van der Waals surface area contributed by atoms with Gasteiger partial charge in [0.25, 0.3) is 0 Å². The predicted molar refractivity (Wildman–Crippen MR) is 105 cm³/mol. The normalized spacial score (nSPS) is 23.8. The summed E-state index contributed by atoms with van der Waals surface area (Å²) in [5.74, 6) is -0.662. The predicted octanol–water partition coefficient (Wildman–Crippen LogP) is 3.97. The molecule has 2 aliphatic rings. The monoisotopic (exact) mass is 401 g/mol. The molecule has 1 N–H and O–H groups in total. The first-order valence-electron chi connectivity index (χ1n) is 9.80. The molecular formula is C22H24FNO3S. The van der Waals surface area contributed by atoms with Gasteiger partial charge in [-0.1, -0.05) is 49.6 Å². The molecule has 4 rings (SSSR count). The molecule has 2 aromatic carbocycles. The number of carbonyl (C=O) groups is 1. The molecule has 0 bridgehead atoms. The van der Waals surface area contributed by atoms with Gasteiger partial charge in [-0.15, -0.1) is 0 Å². The highest BCUT2D eigenvalue weighted by atomic mass is 32.2. The van der Waals surface area contributed by atoms with E-state index in [0.29, 0.717) is 19.3 Å². The van der Waals surface area contributed by atoms with Gasteiger partial charge in [-0.25, -0.2) is 12.8 Å². The first kappa shape index (κ1) is 19.1. The van der Waals surface area contributed by atoms with Crippen LogP contribution in [0.15, 0.2) is 59.5 Å². The number of hydrogen-bond donors (Lipinski definition) is 1. The molecule has 2 aliphatic carbocycles. The van der Waals surface area contributed by atoms with Crippen LogP contribution in [0, 0.1) is 5.82 Å². The van der Waals surface area contributed by atoms with Crippen LogP contribution in [0.25, 0.3) is 0 Å². The molecule has 0 radical (unpaired) electrons. The Morgan fingerprint density at radius 3 is 2.39 bits per heavy atom. The Morgan fingerprint density at radius 1 is 1.00 bits per heavy atom. The molecule has 2 aromatic rings. The molecule has 4 nitrogen and oxygen atoms in total. The van der Waals surface area contributed by atoms with Crippen LogP contribution < -0.4 is 5.32 Å². The van der Waals surface area contributed by atoms with E-state index in [1.807, 2.05) is 6.07 Å². The van der Waals surface area contributed by atoms with E-state index in [1.54, 1.807) is 36.4 Å². The lowest BCUT2D eigenvalue weighted by atomic mass is 9.87. The fourth-order valence-corrected chi connectivity index (χ4v) is 6.42. The fourth-order valence-electron chi connectivity index (χ4n) is 4.33. The van der Waals surface area contributed by atoms with Crippen molar-refractivity contribution < 1.29 is 17.6 Å². The maximum Gasteiger partial charge on any atom is 0.242 e. The van der Waals surface area contributed by atoms with Gasteiger partial charge in [0.1, 0.15) is 5.82 Å². The SMILES string of the molecule is O=C(N[C@@H]1C[C@H]1c1cccc(F)c1)C1(S(=O)(=O)c2ccccc2)CCCCC1. The molecule has 148 valence electrons. The van der Waals surface area contributed by atoms with E-state index in [1.165, 1.54) is 12.1 Å². The number of carbonyl (C=O) groups excluding carboxylic acids is 1. The lowest BCUT2D eigenvalue weighted by Gasteiger charge is -2.35. The molecule has 6 heteroatoms. The van der Waals surface area contributed by atoms with Crippen LogP contribution in [-0.2, 0) is 14.6 Å². The van der Waals surface area contributed by atoms with Crippen LogP contribution in [0.3, 0.4) is 0 Å². The number of rotatable bonds is 5. The molecule has 28 heavy (non-hydrogen) atoms. The maximum atomic E-state index is 13.5. The minimum absolute atomic E-state index is 0.0414. The lowest BCUT2D eigenvalue weighted by Crippen LogP contribution is -2.54. The Bertz CT molecular complexity index is 968. The summed E-state index contributed by atoms with van der Waals surface area (Å²) in [6.45, 7) is 0. The summed E-state index contributed by atoms with van der Waals surface area (Å²) < 4.78 is 38.9. The third-order valence-electron chi connectivity index (χ3n) is 6.03. The van der Waals surface area contributed by atoms with Gasteiger partial charge in [0.15, 0.2) is 14.6 Å². The molecule has 0 saturated heterocycles. The number of amides is 1. The summed E-state index contributed by atoms with van der Waals surface area (Å²) in [7, 11) is -3.80. The summed E-state index contributed by atoms with van der Waals surface area (Å²) in [4.78, 5) is 13.5. The summed E-state index contributed by atoms with van der Waals surface area (Å²) in [6.07, 6.45) is 3.76. The van der Waals surface area contributed by atoms with Gasteiger partial charge in [0.2, 0.25) is 5.91 Å². The number of sulfone groups is 1. The van der Waals surface area contributed by atoms with E-state index in [-0.39, 0.29) is 22.7 Å². The zero-order chi connectivity index (χ0) is 19.8. The van der Waals surface area contributed by atoms with Gasteiger partial charge in [0, 0.05) is 12.0 Å². The van der Waals surface area contributed by atoms with E-state index in [0.717, 1.165) is 24.8 Å². The van der Waals surface area contributed by atoms with E-state index < -0.39 is 20.5 Å². The lowest BCUT2D eigenvalue weighted by molar-refractivity contribution is -0.124. The standard InChI is InChI=1S/C22H24FNO3S/c23-17-9-7-8-16(14-17)19-15-20(19)24-21(25)22(12-5-2-6-13-22)28(26,27)18-10-3-1-4-11-18/h1,3-4,7-11,14,19-20H,2,5-6,12-13,15H2,(H,24,25)/t19-,20+/m0/s1. The number of hydrogen-bond acceptors (Lipinski definition) is 3. The molecule has 0 unspecified atom stereocenters. The zero-order valence-corrected chi connectivity index (χ0v) is 16.4.